The Kier molecular flexibility index (Phi) is 3.09. The van der Waals surface area contributed by atoms with Gasteiger partial charge in [0.15, 0.2) is 5.69 Å². The number of hydrogen-bond donors (Lipinski definition) is 1. The molecule has 0 aliphatic rings. The summed E-state index contributed by atoms with van der Waals surface area (Å²) in [6, 6.07) is 6.54. The third kappa shape index (κ3) is 2.44. The molecule has 17 heavy (non-hydrogen) atoms. The molecule has 0 aliphatic carbocycles. The minimum Gasteiger partial charge on any atom is -0.505 e. The van der Waals surface area contributed by atoms with Gasteiger partial charge in [0.2, 0.25) is 0 Å². The Morgan fingerprint density at radius 2 is 2.29 bits per heavy atom. The van der Waals surface area contributed by atoms with E-state index >= 15 is 0 Å². The molecular weight excluding hydrogens is 220 g/mol. The molecule has 0 fully saturated rings. The van der Waals surface area contributed by atoms with Crippen molar-refractivity contribution >= 4 is 5.91 Å². The summed E-state index contributed by atoms with van der Waals surface area (Å²) >= 11 is 0. The van der Waals surface area contributed by atoms with E-state index in [1.54, 1.807) is 31.5 Å². The first-order valence-electron chi connectivity index (χ1n) is 5.10. The van der Waals surface area contributed by atoms with Gasteiger partial charge in [-0.05, 0) is 24.3 Å². The number of pyridine rings is 1. The molecule has 0 aliphatic heterocycles. The van der Waals surface area contributed by atoms with Crippen LogP contribution in [0.1, 0.15) is 16.2 Å². The van der Waals surface area contributed by atoms with Crippen LogP contribution in [0.5, 0.6) is 5.75 Å². The van der Waals surface area contributed by atoms with Gasteiger partial charge in [0.1, 0.15) is 11.5 Å². The van der Waals surface area contributed by atoms with E-state index in [4.69, 9.17) is 4.42 Å². The van der Waals surface area contributed by atoms with E-state index < -0.39 is 0 Å². The maximum Gasteiger partial charge on any atom is 0.276 e. The molecule has 1 amide bonds. The summed E-state index contributed by atoms with van der Waals surface area (Å²) in [7, 11) is 1.62. The highest BCUT2D eigenvalue weighted by Crippen LogP contribution is 2.15. The summed E-state index contributed by atoms with van der Waals surface area (Å²) in [6.45, 7) is 0.335. The monoisotopic (exact) mass is 232 g/mol. The van der Waals surface area contributed by atoms with E-state index in [-0.39, 0.29) is 17.4 Å². The van der Waals surface area contributed by atoms with Gasteiger partial charge in [-0.15, -0.1) is 0 Å². The van der Waals surface area contributed by atoms with E-state index in [9.17, 15) is 9.90 Å². The maximum atomic E-state index is 12.0. The molecule has 2 aromatic rings. The lowest BCUT2D eigenvalue weighted by Crippen LogP contribution is -2.26. The van der Waals surface area contributed by atoms with Crippen molar-refractivity contribution in [2.45, 2.75) is 6.54 Å². The molecule has 5 nitrogen and oxygen atoms in total. The third-order valence-electron chi connectivity index (χ3n) is 2.31. The summed E-state index contributed by atoms with van der Waals surface area (Å²) in [5.74, 6) is 0.208. The molecule has 2 rings (SSSR count). The number of furan rings is 1. The highest BCUT2D eigenvalue weighted by atomic mass is 16.3. The van der Waals surface area contributed by atoms with Crippen LogP contribution in [0.3, 0.4) is 0 Å². The van der Waals surface area contributed by atoms with Crippen LogP contribution >= 0.6 is 0 Å². The third-order valence-corrected chi connectivity index (χ3v) is 2.31. The van der Waals surface area contributed by atoms with Crippen molar-refractivity contribution in [1.29, 1.82) is 0 Å². The van der Waals surface area contributed by atoms with Crippen molar-refractivity contribution in [1.82, 2.24) is 9.88 Å². The smallest absolute Gasteiger partial charge is 0.276 e. The van der Waals surface area contributed by atoms with Crippen LogP contribution in [0.2, 0.25) is 0 Å². The Bertz CT molecular complexity index is 508. The summed E-state index contributed by atoms with van der Waals surface area (Å²) in [5.41, 5.74) is 0.0431. The standard InChI is InChI=1S/C12H12N2O3/c1-14(8-9-4-3-7-17-9)12(16)11-10(15)5-2-6-13-11/h2-7,15H,8H2,1H3. The molecule has 0 spiro atoms. The van der Waals surface area contributed by atoms with Crippen LogP contribution in [-0.2, 0) is 6.54 Å². The molecule has 0 unspecified atom stereocenters. The number of nitrogens with zero attached hydrogens (tertiary/aromatic N) is 2. The first-order valence-corrected chi connectivity index (χ1v) is 5.10. The molecule has 0 aromatic carbocycles. The average Bonchev–Trinajstić information content (AvgIpc) is 2.81. The molecule has 0 radical (unpaired) electrons. The van der Waals surface area contributed by atoms with Gasteiger partial charge >= 0.3 is 0 Å². The van der Waals surface area contributed by atoms with Crippen molar-refractivity contribution < 1.29 is 14.3 Å². The second kappa shape index (κ2) is 4.69. The first kappa shape index (κ1) is 11.2. The maximum absolute atomic E-state index is 12.0. The molecule has 5 heteroatoms. The highest BCUT2D eigenvalue weighted by molar-refractivity contribution is 5.94. The van der Waals surface area contributed by atoms with Crippen LogP contribution in [0.15, 0.2) is 41.1 Å². The summed E-state index contributed by atoms with van der Waals surface area (Å²) in [5, 5.41) is 9.52. The Morgan fingerprint density at radius 1 is 1.47 bits per heavy atom. The van der Waals surface area contributed by atoms with Crippen LogP contribution in [-0.4, -0.2) is 27.9 Å². The Labute approximate surface area is 98.3 Å². The fraction of sp³-hybridized carbons (Fsp3) is 0.167. The topological polar surface area (TPSA) is 66.6 Å². The van der Waals surface area contributed by atoms with Gasteiger partial charge in [0, 0.05) is 13.2 Å². The number of aromatic nitrogens is 1. The lowest BCUT2D eigenvalue weighted by molar-refractivity contribution is 0.0766. The lowest BCUT2D eigenvalue weighted by Gasteiger charge is -2.15. The normalized spacial score (nSPS) is 10.2. The zero-order valence-electron chi connectivity index (χ0n) is 9.33. The Hall–Kier alpha value is -2.30. The van der Waals surface area contributed by atoms with Crippen LogP contribution in [0.4, 0.5) is 0 Å². The number of amides is 1. The highest BCUT2D eigenvalue weighted by Gasteiger charge is 2.17. The van der Waals surface area contributed by atoms with Crippen molar-refractivity contribution in [3.8, 4) is 5.75 Å². The number of hydrogen-bond acceptors (Lipinski definition) is 4. The Balaban J connectivity index is 2.13. The Morgan fingerprint density at radius 3 is 2.94 bits per heavy atom. The van der Waals surface area contributed by atoms with Crippen LogP contribution in [0, 0.1) is 0 Å². The second-order valence-electron chi connectivity index (χ2n) is 3.61. The van der Waals surface area contributed by atoms with Crippen LogP contribution in [0.25, 0.3) is 0 Å². The average molecular weight is 232 g/mol. The predicted octanol–water partition coefficient (Wildman–Crippen LogP) is 1.65. The zero-order valence-corrected chi connectivity index (χ0v) is 9.33. The molecule has 2 heterocycles. The predicted molar refractivity (Wildman–Crippen MR) is 60.4 cm³/mol. The number of aromatic hydroxyl groups is 1. The SMILES string of the molecule is CN(Cc1ccco1)C(=O)c1ncccc1O. The molecule has 1 N–H and O–H groups in total. The van der Waals surface area contributed by atoms with Gasteiger partial charge in [-0.3, -0.25) is 4.79 Å². The molecular formula is C12H12N2O3. The fourth-order valence-corrected chi connectivity index (χ4v) is 1.45. The summed E-state index contributed by atoms with van der Waals surface area (Å²) in [6.07, 6.45) is 3.01. The number of carbonyl (C=O) groups excluding carboxylic acids is 1. The second-order valence-corrected chi connectivity index (χ2v) is 3.61. The molecule has 2 aromatic heterocycles. The first-order chi connectivity index (χ1) is 8.18. The van der Waals surface area contributed by atoms with Gasteiger partial charge in [-0.1, -0.05) is 0 Å². The van der Waals surface area contributed by atoms with Crippen molar-refractivity contribution in [2.75, 3.05) is 7.05 Å². The molecule has 0 saturated carbocycles. The largest absolute Gasteiger partial charge is 0.505 e. The summed E-state index contributed by atoms with van der Waals surface area (Å²) in [4.78, 5) is 17.2. The molecule has 0 bridgehead atoms. The van der Waals surface area contributed by atoms with Crippen molar-refractivity contribution in [3.63, 3.8) is 0 Å². The minimum atomic E-state index is -0.348. The number of carbonyl (C=O) groups is 1. The summed E-state index contributed by atoms with van der Waals surface area (Å²) < 4.78 is 5.14. The van der Waals surface area contributed by atoms with Crippen molar-refractivity contribution in [2.24, 2.45) is 0 Å². The van der Waals surface area contributed by atoms with E-state index in [1.807, 2.05) is 0 Å². The van der Waals surface area contributed by atoms with Gasteiger partial charge in [0.25, 0.3) is 5.91 Å². The minimum absolute atomic E-state index is 0.0431. The van der Waals surface area contributed by atoms with E-state index in [2.05, 4.69) is 4.98 Å². The van der Waals surface area contributed by atoms with Gasteiger partial charge < -0.3 is 14.4 Å². The van der Waals surface area contributed by atoms with E-state index in [0.29, 0.717) is 12.3 Å². The van der Waals surface area contributed by atoms with E-state index in [0.717, 1.165) is 0 Å². The van der Waals surface area contributed by atoms with E-state index in [1.165, 1.54) is 17.2 Å². The van der Waals surface area contributed by atoms with Crippen LogP contribution < -0.4 is 0 Å². The van der Waals surface area contributed by atoms with Gasteiger partial charge in [0.05, 0.1) is 12.8 Å². The fourth-order valence-electron chi connectivity index (χ4n) is 1.45. The quantitative estimate of drug-likeness (QED) is 0.873. The zero-order chi connectivity index (χ0) is 12.3. The molecule has 0 atom stereocenters. The van der Waals surface area contributed by atoms with Gasteiger partial charge in [-0.25, -0.2) is 4.98 Å². The van der Waals surface area contributed by atoms with Crippen molar-refractivity contribution in [3.05, 3.63) is 48.2 Å². The molecule has 0 saturated heterocycles. The molecule has 88 valence electrons. The lowest BCUT2D eigenvalue weighted by atomic mass is 10.3. The van der Waals surface area contributed by atoms with Gasteiger partial charge in [-0.2, -0.15) is 0 Å². The number of rotatable bonds is 3.